The lowest BCUT2D eigenvalue weighted by Crippen LogP contribution is -2.18. The second kappa shape index (κ2) is 7.79. The third-order valence-corrected chi connectivity index (χ3v) is 4.47. The van der Waals surface area contributed by atoms with Crippen molar-refractivity contribution in [2.75, 3.05) is 18.0 Å². The number of hydrogen-bond acceptors (Lipinski definition) is 3. The molecule has 4 heteroatoms. The van der Waals surface area contributed by atoms with Crippen molar-refractivity contribution in [1.82, 2.24) is 4.98 Å². The number of pyridine rings is 1. The first kappa shape index (κ1) is 17.0. The summed E-state index contributed by atoms with van der Waals surface area (Å²) < 4.78 is 0. The zero-order chi connectivity index (χ0) is 17.6. The van der Waals surface area contributed by atoms with Crippen LogP contribution in [-0.2, 0) is 4.79 Å². The van der Waals surface area contributed by atoms with Gasteiger partial charge in [-0.1, -0.05) is 42.5 Å². The van der Waals surface area contributed by atoms with Crippen LogP contribution in [0.2, 0.25) is 0 Å². The van der Waals surface area contributed by atoms with Crippen LogP contribution in [0.3, 0.4) is 0 Å². The van der Waals surface area contributed by atoms with Crippen molar-refractivity contribution < 1.29 is 9.90 Å². The first-order valence-corrected chi connectivity index (χ1v) is 8.52. The SMILES string of the molecule is Cc1cc(N2CCCC2)c2ccc(-c3ccccc3)cc2n1.O=CO. The molecule has 1 aliphatic heterocycles. The van der Waals surface area contributed by atoms with Crippen LogP contribution in [0.5, 0.6) is 0 Å². The van der Waals surface area contributed by atoms with E-state index >= 15 is 0 Å². The zero-order valence-corrected chi connectivity index (χ0v) is 14.4. The van der Waals surface area contributed by atoms with Gasteiger partial charge >= 0.3 is 0 Å². The van der Waals surface area contributed by atoms with Crippen molar-refractivity contribution >= 4 is 23.1 Å². The standard InChI is InChI=1S/C20H20N2.CH2O2/c1-15-13-20(22-11-5-6-12-22)18-10-9-17(14-19(18)21-15)16-7-3-2-4-8-16;2-1-3/h2-4,7-10,13-14H,5-6,11-12H2,1H3;1H,(H,2,3). The predicted molar refractivity (Wildman–Crippen MR) is 102 cm³/mol. The zero-order valence-electron chi connectivity index (χ0n) is 14.4. The number of carboxylic acid groups (broad SMARTS) is 1. The lowest BCUT2D eigenvalue weighted by molar-refractivity contribution is -0.122. The smallest absolute Gasteiger partial charge is 0.290 e. The van der Waals surface area contributed by atoms with E-state index in [9.17, 15) is 0 Å². The van der Waals surface area contributed by atoms with Gasteiger partial charge in [-0.2, -0.15) is 0 Å². The molecule has 2 aromatic carbocycles. The van der Waals surface area contributed by atoms with E-state index in [-0.39, 0.29) is 6.47 Å². The van der Waals surface area contributed by atoms with Crippen LogP contribution in [0.25, 0.3) is 22.0 Å². The van der Waals surface area contributed by atoms with Gasteiger partial charge in [-0.3, -0.25) is 9.78 Å². The molecule has 0 unspecified atom stereocenters. The number of hydrogen-bond donors (Lipinski definition) is 1. The normalized spacial score (nSPS) is 13.4. The summed E-state index contributed by atoms with van der Waals surface area (Å²) in [7, 11) is 0. The minimum Gasteiger partial charge on any atom is -0.483 e. The lowest BCUT2D eigenvalue weighted by Gasteiger charge is -2.20. The average Bonchev–Trinajstić information content (AvgIpc) is 3.16. The van der Waals surface area contributed by atoms with Crippen LogP contribution < -0.4 is 4.90 Å². The van der Waals surface area contributed by atoms with E-state index in [0.717, 1.165) is 11.2 Å². The van der Waals surface area contributed by atoms with Gasteiger partial charge in [0, 0.05) is 29.9 Å². The molecule has 25 heavy (non-hydrogen) atoms. The summed E-state index contributed by atoms with van der Waals surface area (Å²) in [6.45, 7) is 4.17. The minimum absolute atomic E-state index is 0.250. The van der Waals surface area contributed by atoms with Crippen LogP contribution in [0, 0.1) is 6.92 Å². The van der Waals surface area contributed by atoms with Crippen molar-refractivity contribution in [3.8, 4) is 11.1 Å². The van der Waals surface area contributed by atoms with E-state index in [1.165, 1.54) is 48.1 Å². The van der Waals surface area contributed by atoms with Crippen LogP contribution in [0.1, 0.15) is 18.5 Å². The average molecular weight is 334 g/mol. The highest BCUT2D eigenvalue weighted by Gasteiger charge is 2.16. The molecule has 0 saturated carbocycles. The summed E-state index contributed by atoms with van der Waals surface area (Å²) in [5.74, 6) is 0. The number of nitrogens with zero attached hydrogens (tertiary/aromatic N) is 2. The Morgan fingerprint density at radius 3 is 2.36 bits per heavy atom. The number of anilines is 1. The molecular weight excluding hydrogens is 312 g/mol. The van der Waals surface area contributed by atoms with E-state index in [2.05, 4.69) is 66.4 Å². The molecule has 0 bridgehead atoms. The Hall–Kier alpha value is -2.88. The molecule has 0 atom stereocenters. The quantitative estimate of drug-likeness (QED) is 0.701. The summed E-state index contributed by atoms with van der Waals surface area (Å²) in [6.07, 6.45) is 2.59. The Kier molecular flexibility index (Phi) is 5.29. The molecule has 128 valence electrons. The number of fused-ring (bicyclic) bond motifs is 1. The molecule has 3 aromatic rings. The van der Waals surface area contributed by atoms with E-state index in [1.54, 1.807) is 0 Å². The molecule has 0 spiro atoms. The maximum atomic E-state index is 8.36. The number of benzene rings is 2. The van der Waals surface area contributed by atoms with Gasteiger partial charge in [-0.25, -0.2) is 0 Å². The highest BCUT2D eigenvalue weighted by molar-refractivity contribution is 5.94. The van der Waals surface area contributed by atoms with Crippen molar-refractivity contribution in [3.63, 3.8) is 0 Å². The van der Waals surface area contributed by atoms with Gasteiger partial charge in [-0.05, 0) is 43.0 Å². The number of aromatic nitrogens is 1. The van der Waals surface area contributed by atoms with E-state index in [0.29, 0.717) is 0 Å². The topological polar surface area (TPSA) is 53.4 Å². The summed E-state index contributed by atoms with van der Waals surface area (Å²) in [5, 5.41) is 8.16. The first-order chi connectivity index (χ1) is 12.2. The molecule has 0 amide bonds. The van der Waals surface area contributed by atoms with E-state index in [4.69, 9.17) is 14.9 Å². The maximum Gasteiger partial charge on any atom is 0.290 e. The molecule has 1 aromatic heterocycles. The summed E-state index contributed by atoms with van der Waals surface area (Å²) in [6, 6.07) is 19.4. The van der Waals surface area contributed by atoms with Gasteiger partial charge in [0.05, 0.1) is 5.52 Å². The number of carbonyl (C=O) groups is 1. The molecule has 1 aliphatic rings. The van der Waals surface area contributed by atoms with Gasteiger partial charge in [0.1, 0.15) is 0 Å². The number of aryl methyl sites for hydroxylation is 1. The third-order valence-electron chi connectivity index (χ3n) is 4.47. The van der Waals surface area contributed by atoms with Gasteiger partial charge in [0.2, 0.25) is 0 Å². The fourth-order valence-electron chi connectivity index (χ4n) is 3.37. The minimum atomic E-state index is -0.250. The Balaban J connectivity index is 0.000000569. The monoisotopic (exact) mass is 334 g/mol. The molecule has 1 saturated heterocycles. The summed E-state index contributed by atoms with van der Waals surface area (Å²) >= 11 is 0. The van der Waals surface area contributed by atoms with Gasteiger partial charge in [-0.15, -0.1) is 0 Å². The first-order valence-electron chi connectivity index (χ1n) is 8.52. The Labute approximate surface area is 147 Å². The summed E-state index contributed by atoms with van der Waals surface area (Å²) in [5.41, 5.74) is 6.02. The van der Waals surface area contributed by atoms with Crippen molar-refractivity contribution in [3.05, 3.63) is 60.3 Å². The fraction of sp³-hybridized carbons (Fsp3) is 0.238. The summed E-state index contributed by atoms with van der Waals surface area (Å²) in [4.78, 5) is 15.6. The van der Waals surface area contributed by atoms with Gasteiger partial charge in [0.15, 0.2) is 0 Å². The molecular formula is C21H22N2O2. The largest absolute Gasteiger partial charge is 0.483 e. The molecule has 4 rings (SSSR count). The third kappa shape index (κ3) is 3.79. The van der Waals surface area contributed by atoms with Crippen molar-refractivity contribution in [1.29, 1.82) is 0 Å². The highest BCUT2D eigenvalue weighted by Crippen LogP contribution is 2.32. The molecule has 0 radical (unpaired) electrons. The maximum absolute atomic E-state index is 8.36. The van der Waals surface area contributed by atoms with E-state index in [1.807, 2.05) is 0 Å². The lowest BCUT2D eigenvalue weighted by atomic mass is 10.0. The van der Waals surface area contributed by atoms with Crippen LogP contribution in [0.4, 0.5) is 5.69 Å². The van der Waals surface area contributed by atoms with Gasteiger partial charge in [0.25, 0.3) is 6.47 Å². The fourth-order valence-corrected chi connectivity index (χ4v) is 3.37. The van der Waals surface area contributed by atoms with Crippen LogP contribution in [-0.4, -0.2) is 29.7 Å². The van der Waals surface area contributed by atoms with Crippen LogP contribution >= 0.6 is 0 Å². The van der Waals surface area contributed by atoms with Crippen molar-refractivity contribution in [2.45, 2.75) is 19.8 Å². The highest BCUT2D eigenvalue weighted by atomic mass is 16.3. The second-order valence-corrected chi connectivity index (χ2v) is 6.18. The number of rotatable bonds is 2. The van der Waals surface area contributed by atoms with Gasteiger partial charge < -0.3 is 10.0 Å². The van der Waals surface area contributed by atoms with E-state index < -0.39 is 0 Å². The van der Waals surface area contributed by atoms with Crippen LogP contribution in [0.15, 0.2) is 54.6 Å². The molecule has 2 heterocycles. The Bertz CT molecular complexity index is 856. The molecule has 4 nitrogen and oxygen atoms in total. The molecule has 1 fully saturated rings. The Morgan fingerprint density at radius 2 is 1.68 bits per heavy atom. The molecule has 0 aliphatic carbocycles. The second-order valence-electron chi connectivity index (χ2n) is 6.18. The predicted octanol–water partition coefficient (Wildman–Crippen LogP) is 4.51. The molecule has 1 N–H and O–H groups in total. The Morgan fingerprint density at radius 1 is 1.00 bits per heavy atom. The van der Waals surface area contributed by atoms with Crippen molar-refractivity contribution in [2.24, 2.45) is 0 Å².